The van der Waals surface area contributed by atoms with Crippen molar-refractivity contribution in [1.82, 2.24) is 10.3 Å². The van der Waals surface area contributed by atoms with Gasteiger partial charge in [-0.25, -0.2) is 0 Å². The molecule has 12 heavy (non-hydrogen) atoms. The molecule has 1 aliphatic rings. The van der Waals surface area contributed by atoms with Crippen molar-refractivity contribution in [2.24, 2.45) is 0 Å². The zero-order valence-electron chi connectivity index (χ0n) is 6.92. The summed E-state index contributed by atoms with van der Waals surface area (Å²) in [5.41, 5.74) is 2.86. The van der Waals surface area contributed by atoms with Crippen LogP contribution in [0.25, 0.3) is 0 Å². The molecule has 1 aliphatic heterocycles. The molecule has 0 aromatic carbocycles. The van der Waals surface area contributed by atoms with Gasteiger partial charge in [0.2, 0.25) is 0 Å². The molecule has 0 aliphatic carbocycles. The summed E-state index contributed by atoms with van der Waals surface area (Å²) in [6.07, 6.45) is 2.58. The van der Waals surface area contributed by atoms with Crippen molar-refractivity contribution < 1.29 is 4.79 Å². The molecule has 0 fully saturated rings. The predicted octanol–water partition coefficient (Wildman–Crippen LogP) is 0.676. The molecule has 3 heteroatoms. The highest BCUT2D eigenvalue weighted by Gasteiger charge is 2.18. The van der Waals surface area contributed by atoms with Gasteiger partial charge in [0.1, 0.15) is 5.69 Å². The quantitative estimate of drug-likeness (QED) is 0.609. The lowest BCUT2D eigenvalue weighted by atomic mass is 10.0. The zero-order chi connectivity index (χ0) is 8.55. The molecule has 0 saturated carbocycles. The van der Waals surface area contributed by atoms with Gasteiger partial charge in [0.15, 0.2) is 0 Å². The maximum Gasteiger partial charge on any atom is 0.270 e. The first-order valence-corrected chi connectivity index (χ1v) is 4.02. The largest absolute Gasteiger partial charge is 0.350 e. The van der Waals surface area contributed by atoms with Gasteiger partial charge in [-0.1, -0.05) is 0 Å². The van der Waals surface area contributed by atoms with Gasteiger partial charge in [-0.2, -0.15) is 0 Å². The molecule has 0 atom stereocenters. The Morgan fingerprint density at radius 2 is 2.42 bits per heavy atom. The molecule has 1 aromatic heterocycles. The number of aryl methyl sites for hydroxylation is 1. The number of rotatable bonds is 0. The Kier molecular flexibility index (Phi) is 1.57. The number of carbonyl (C=O) groups excluding carboxylic acids is 1. The summed E-state index contributed by atoms with van der Waals surface area (Å²) >= 11 is 0. The lowest BCUT2D eigenvalue weighted by molar-refractivity contribution is 0.0940. The number of carbonyl (C=O) groups is 1. The highest BCUT2D eigenvalue weighted by atomic mass is 16.1. The number of hydrogen-bond acceptors (Lipinski definition) is 2. The smallest absolute Gasteiger partial charge is 0.270 e. The van der Waals surface area contributed by atoms with Crippen molar-refractivity contribution >= 4 is 5.91 Å². The standard InChI is InChI=1S/C9H10N2O/c1-6-2-4-10-8-7(6)3-5-11-9(8)12/h2,4H,3,5H2,1H3,(H,11,12). The van der Waals surface area contributed by atoms with Crippen LogP contribution >= 0.6 is 0 Å². The lowest BCUT2D eigenvalue weighted by Crippen LogP contribution is -2.33. The zero-order valence-corrected chi connectivity index (χ0v) is 6.92. The number of pyridine rings is 1. The van der Waals surface area contributed by atoms with Gasteiger partial charge in [0.25, 0.3) is 5.91 Å². The Morgan fingerprint density at radius 1 is 1.58 bits per heavy atom. The average molecular weight is 162 g/mol. The summed E-state index contributed by atoms with van der Waals surface area (Å²) in [6, 6.07) is 1.94. The van der Waals surface area contributed by atoms with Crippen LogP contribution in [0.5, 0.6) is 0 Å². The fourth-order valence-electron chi connectivity index (χ4n) is 1.48. The van der Waals surface area contributed by atoms with Crippen molar-refractivity contribution in [2.45, 2.75) is 13.3 Å². The molecule has 0 saturated heterocycles. The highest BCUT2D eigenvalue weighted by Crippen LogP contribution is 2.14. The van der Waals surface area contributed by atoms with E-state index in [0.29, 0.717) is 5.69 Å². The third-order valence-corrected chi connectivity index (χ3v) is 2.17. The first-order valence-electron chi connectivity index (χ1n) is 4.02. The normalized spacial score (nSPS) is 15.2. The maximum absolute atomic E-state index is 11.3. The number of fused-ring (bicyclic) bond motifs is 1. The van der Waals surface area contributed by atoms with E-state index in [1.807, 2.05) is 13.0 Å². The van der Waals surface area contributed by atoms with Gasteiger partial charge in [-0.05, 0) is 30.5 Å². The van der Waals surface area contributed by atoms with Crippen LogP contribution in [0.4, 0.5) is 0 Å². The van der Waals surface area contributed by atoms with E-state index in [-0.39, 0.29) is 5.91 Å². The molecule has 0 radical (unpaired) electrons. The SMILES string of the molecule is Cc1ccnc2c1CCNC2=O. The van der Waals surface area contributed by atoms with Gasteiger partial charge in [-0.15, -0.1) is 0 Å². The van der Waals surface area contributed by atoms with Crippen molar-refractivity contribution in [3.05, 3.63) is 29.1 Å². The molecule has 62 valence electrons. The van der Waals surface area contributed by atoms with E-state index >= 15 is 0 Å². The third-order valence-electron chi connectivity index (χ3n) is 2.17. The van der Waals surface area contributed by atoms with E-state index < -0.39 is 0 Å². The lowest BCUT2D eigenvalue weighted by Gasteiger charge is -2.16. The predicted molar refractivity (Wildman–Crippen MR) is 45.0 cm³/mol. The molecule has 1 amide bonds. The number of amides is 1. The second kappa shape index (κ2) is 2.59. The first-order chi connectivity index (χ1) is 5.79. The average Bonchev–Trinajstić information content (AvgIpc) is 2.07. The summed E-state index contributed by atoms with van der Waals surface area (Å²) in [6.45, 7) is 2.75. The highest BCUT2D eigenvalue weighted by molar-refractivity contribution is 5.94. The van der Waals surface area contributed by atoms with E-state index in [4.69, 9.17) is 0 Å². The van der Waals surface area contributed by atoms with Crippen LogP contribution < -0.4 is 5.32 Å². The second-order valence-corrected chi connectivity index (χ2v) is 2.96. The van der Waals surface area contributed by atoms with E-state index in [1.165, 1.54) is 0 Å². The molecule has 0 spiro atoms. The van der Waals surface area contributed by atoms with Gasteiger partial charge < -0.3 is 5.32 Å². The molecule has 3 nitrogen and oxygen atoms in total. The van der Waals surface area contributed by atoms with Crippen LogP contribution in [-0.2, 0) is 6.42 Å². The fraction of sp³-hybridized carbons (Fsp3) is 0.333. The van der Waals surface area contributed by atoms with Crippen LogP contribution in [0.3, 0.4) is 0 Å². The molecule has 2 rings (SSSR count). The van der Waals surface area contributed by atoms with Gasteiger partial charge >= 0.3 is 0 Å². The van der Waals surface area contributed by atoms with E-state index in [0.717, 1.165) is 24.1 Å². The van der Waals surface area contributed by atoms with Gasteiger partial charge in [0, 0.05) is 12.7 Å². The van der Waals surface area contributed by atoms with Crippen molar-refractivity contribution in [1.29, 1.82) is 0 Å². The minimum Gasteiger partial charge on any atom is -0.350 e. The molecular formula is C9H10N2O. The summed E-state index contributed by atoms with van der Waals surface area (Å²) in [5.74, 6) is -0.0417. The van der Waals surface area contributed by atoms with Crippen LogP contribution in [-0.4, -0.2) is 17.4 Å². The Morgan fingerprint density at radius 3 is 3.17 bits per heavy atom. The Balaban J connectivity index is 2.59. The molecule has 0 unspecified atom stereocenters. The van der Waals surface area contributed by atoms with Crippen molar-refractivity contribution in [2.75, 3.05) is 6.54 Å². The summed E-state index contributed by atoms with van der Waals surface area (Å²) in [7, 11) is 0. The van der Waals surface area contributed by atoms with E-state index in [1.54, 1.807) is 6.20 Å². The summed E-state index contributed by atoms with van der Waals surface area (Å²) in [5, 5.41) is 2.76. The number of nitrogens with one attached hydrogen (secondary N) is 1. The monoisotopic (exact) mass is 162 g/mol. The number of aromatic nitrogens is 1. The van der Waals surface area contributed by atoms with Crippen LogP contribution in [0.15, 0.2) is 12.3 Å². The molecule has 1 N–H and O–H groups in total. The summed E-state index contributed by atoms with van der Waals surface area (Å²) < 4.78 is 0. The van der Waals surface area contributed by atoms with E-state index in [2.05, 4.69) is 10.3 Å². The molecule has 0 bridgehead atoms. The Bertz CT molecular complexity index is 333. The van der Waals surface area contributed by atoms with Crippen LogP contribution in [0.2, 0.25) is 0 Å². The molecule has 2 heterocycles. The minimum atomic E-state index is -0.0417. The fourth-order valence-corrected chi connectivity index (χ4v) is 1.48. The number of nitrogens with zero attached hydrogens (tertiary/aromatic N) is 1. The number of hydrogen-bond donors (Lipinski definition) is 1. The maximum atomic E-state index is 11.3. The molecular weight excluding hydrogens is 152 g/mol. The van der Waals surface area contributed by atoms with E-state index in [9.17, 15) is 4.79 Å². The van der Waals surface area contributed by atoms with Gasteiger partial charge in [-0.3, -0.25) is 9.78 Å². The topological polar surface area (TPSA) is 42.0 Å². The minimum absolute atomic E-state index is 0.0417. The van der Waals surface area contributed by atoms with Crippen molar-refractivity contribution in [3.63, 3.8) is 0 Å². The molecule has 1 aromatic rings. The third kappa shape index (κ3) is 0.978. The van der Waals surface area contributed by atoms with Crippen molar-refractivity contribution in [3.8, 4) is 0 Å². The second-order valence-electron chi connectivity index (χ2n) is 2.96. The Labute approximate surface area is 70.8 Å². The van der Waals surface area contributed by atoms with Crippen LogP contribution in [0.1, 0.15) is 21.6 Å². The summed E-state index contributed by atoms with van der Waals surface area (Å²) in [4.78, 5) is 15.3. The van der Waals surface area contributed by atoms with Gasteiger partial charge in [0.05, 0.1) is 0 Å². The van der Waals surface area contributed by atoms with Crippen LogP contribution in [0, 0.1) is 6.92 Å². The first kappa shape index (κ1) is 7.28. The Hall–Kier alpha value is -1.38.